The van der Waals surface area contributed by atoms with E-state index in [1.165, 1.54) is 12.6 Å². The number of aliphatic hydroxyl groups is 1. The number of carbonyl (C=O) groups excluding carboxylic acids is 6. The van der Waals surface area contributed by atoms with Crippen molar-refractivity contribution in [3.63, 3.8) is 0 Å². The molecule has 12 rings (SSSR count). The van der Waals surface area contributed by atoms with E-state index in [-0.39, 0.29) is 115 Å². The zero-order chi connectivity index (χ0) is 88.2. The van der Waals surface area contributed by atoms with Gasteiger partial charge in [0.1, 0.15) is 72.2 Å². The number of hydrogen-bond acceptors (Lipinski definition) is 18. The molecular formula is C104H154O18. The molecule has 18 nitrogen and oxygen atoms in total. The molecule has 678 valence electrons. The molecule has 6 bridgehead atoms. The number of esters is 3. The van der Waals surface area contributed by atoms with E-state index in [0.717, 1.165) is 219 Å². The highest BCUT2D eigenvalue weighted by Crippen LogP contribution is 2.75. The summed E-state index contributed by atoms with van der Waals surface area (Å²) >= 11 is 0. The van der Waals surface area contributed by atoms with Crippen LogP contribution in [-0.4, -0.2) is 135 Å². The Morgan fingerprint density at radius 1 is 0.385 bits per heavy atom. The summed E-state index contributed by atoms with van der Waals surface area (Å²) in [6, 6.07) is 22.7. The van der Waals surface area contributed by atoms with Gasteiger partial charge in [-0.05, 0) is 257 Å². The number of rotatable bonds is 47. The molecule has 0 aliphatic heterocycles. The maximum absolute atomic E-state index is 14.4. The number of ether oxygens (including phenoxy) is 11. The van der Waals surface area contributed by atoms with Gasteiger partial charge >= 0.3 is 17.9 Å². The van der Waals surface area contributed by atoms with Gasteiger partial charge in [-0.15, -0.1) is 0 Å². The topological polar surface area (TPSA) is 224 Å². The van der Waals surface area contributed by atoms with Crippen molar-refractivity contribution in [2.45, 2.75) is 275 Å². The molecule has 6 fully saturated rings. The summed E-state index contributed by atoms with van der Waals surface area (Å²) in [4.78, 5) is 83.6. The molecule has 21 atom stereocenters. The lowest BCUT2D eigenvalue weighted by Gasteiger charge is -2.49. The molecule has 15 unspecified atom stereocenters. The minimum Gasteiger partial charge on any atom is -0.497 e. The van der Waals surface area contributed by atoms with Gasteiger partial charge in [0.05, 0.1) is 39.6 Å². The zero-order valence-corrected chi connectivity index (χ0v) is 77.5. The van der Waals surface area contributed by atoms with Crippen LogP contribution in [-0.2, 0) is 86.5 Å². The summed E-state index contributed by atoms with van der Waals surface area (Å²) in [6.45, 7) is 31.3. The van der Waals surface area contributed by atoms with Gasteiger partial charge in [0.25, 0.3) is 0 Å². The molecule has 0 aromatic heterocycles. The second kappa shape index (κ2) is 44.7. The van der Waals surface area contributed by atoms with Crippen molar-refractivity contribution in [1.29, 1.82) is 0 Å². The van der Waals surface area contributed by atoms with Crippen molar-refractivity contribution in [3.05, 3.63) is 124 Å². The number of unbranched alkanes of at least 4 members (excludes halogenated alkanes) is 6. The molecule has 3 aromatic carbocycles. The standard InChI is InChI=1S/2C35H52O6.C34H50O6/c2*1-7-8-16-40-17-10-9-11-29-25(4)32(39-6)19-31(29)34(23-36)20-27-18-30(24(2)3)35(34,21-27)33(37)41-22-26-12-14-28(38-5)15-13-26;1-6-7-15-39-16-9-8-10-28-24(4)31(36)18-30(28)33(22-35)19-26-17-29(23(2)3)34(33,20-26)32(37)40-21-25-11-13-27(38-5)14-12-25/h2*12-15,18,23-25,27,29,31-32H,7-11,16-17,19-22H2,1-6H3;11-14,17,22-24,26,28,30-31,36H,6-10,15-16,18-21H2,1-5H3/t2*25?,27?,29?,31?,32?,34-,35+;24?,26?,28?,30?,31?,33-,34+/m000/s1. The van der Waals surface area contributed by atoms with E-state index in [2.05, 4.69) is 101 Å². The average molecular weight is 1690 g/mol. The van der Waals surface area contributed by atoms with Crippen LogP contribution in [0.3, 0.4) is 0 Å². The molecule has 3 aromatic rings. The van der Waals surface area contributed by atoms with E-state index in [9.17, 15) is 33.9 Å². The maximum atomic E-state index is 14.4. The quantitative estimate of drug-likeness (QED) is 0.0182. The number of aldehydes is 3. The van der Waals surface area contributed by atoms with Crippen LogP contribution in [0.2, 0.25) is 0 Å². The minimum atomic E-state index is -0.976. The van der Waals surface area contributed by atoms with Crippen molar-refractivity contribution in [2.75, 3.05) is 75.2 Å². The lowest BCUT2D eigenvalue weighted by molar-refractivity contribution is -0.167. The van der Waals surface area contributed by atoms with E-state index in [1.807, 2.05) is 72.8 Å². The largest absolute Gasteiger partial charge is 0.497 e. The number of benzene rings is 3. The van der Waals surface area contributed by atoms with Crippen LogP contribution < -0.4 is 14.2 Å². The Bertz CT molecular complexity index is 3750. The average Bonchev–Trinajstić information content (AvgIpc) is 1.53. The third kappa shape index (κ3) is 20.1. The van der Waals surface area contributed by atoms with Gasteiger partial charge in [-0.3, -0.25) is 14.4 Å². The van der Waals surface area contributed by atoms with Gasteiger partial charge in [0.15, 0.2) is 0 Å². The van der Waals surface area contributed by atoms with Crippen molar-refractivity contribution in [2.24, 2.45) is 121 Å². The van der Waals surface area contributed by atoms with Crippen LogP contribution in [0.4, 0.5) is 0 Å². The molecule has 6 saturated carbocycles. The molecule has 0 amide bonds. The highest BCUT2D eigenvalue weighted by molar-refractivity contribution is 5.91. The van der Waals surface area contributed by atoms with Crippen LogP contribution in [0.15, 0.2) is 108 Å². The summed E-state index contributed by atoms with van der Waals surface area (Å²) in [5, 5.41) is 11.1. The van der Waals surface area contributed by atoms with Gasteiger partial charge < -0.3 is 71.6 Å². The first-order chi connectivity index (χ1) is 58.8. The van der Waals surface area contributed by atoms with Crippen molar-refractivity contribution in [3.8, 4) is 17.2 Å². The summed E-state index contributed by atoms with van der Waals surface area (Å²) in [7, 11) is 8.47. The number of hydrogen-bond donors (Lipinski definition) is 1. The fourth-order valence-electron chi connectivity index (χ4n) is 25.3. The number of carbonyl (C=O) groups is 6. The van der Waals surface area contributed by atoms with Crippen molar-refractivity contribution in [1.82, 2.24) is 0 Å². The van der Waals surface area contributed by atoms with Crippen LogP contribution in [0.1, 0.15) is 254 Å². The Hall–Kier alpha value is -6.54. The Morgan fingerprint density at radius 3 is 0.910 bits per heavy atom. The number of aliphatic hydroxyl groups excluding tert-OH is 1. The molecule has 122 heavy (non-hydrogen) atoms. The molecule has 1 N–H and O–H groups in total. The van der Waals surface area contributed by atoms with Crippen LogP contribution in [0.25, 0.3) is 0 Å². The van der Waals surface area contributed by atoms with Gasteiger partial charge in [-0.1, -0.05) is 193 Å². The van der Waals surface area contributed by atoms with Crippen LogP contribution >= 0.6 is 0 Å². The van der Waals surface area contributed by atoms with E-state index >= 15 is 0 Å². The SMILES string of the molecule is CCCCOCCCCC1C(C)C(O)CC1[C@@]1(C=O)CC2C=C(C(C)C)[C@@]1(C(=O)OCc1ccc(OC)cc1)C2.CCCCOCCCCC1C(C)C(OC)CC1[C@@]1(C=O)CC2C=C(C(C)C)[C@@]1(C(=O)OCc1ccc(OC)cc1)C2.CCCCOCCCCC1C(C)C(OC)CC1[C@@]1(C=O)CC2C=C(C(C)C)[C@@]1(C(=O)OCc1ccc(OC)cc1)C2. The second-order valence-corrected chi connectivity index (χ2v) is 38.9. The number of methoxy groups -OCH3 is 5. The summed E-state index contributed by atoms with van der Waals surface area (Å²) in [5.41, 5.74) is 0.678. The highest BCUT2D eigenvalue weighted by Gasteiger charge is 2.76. The van der Waals surface area contributed by atoms with Crippen LogP contribution in [0.5, 0.6) is 17.2 Å². The molecule has 0 spiro atoms. The summed E-state index contributed by atoms with van der Waals surface area (Å²) in [5.74, 6) is 4.16. The zero-order valence-electron chi connectivity index (χ0n) is 77.5. The first kappa shape index (κ1) is 97.7. The Kier molecular flexibility index (Phi) is 35.8. The van der Waals surface area contributed by atoms with Gasteiger partial charge in [0.2, 0.25) is 0 Å². The van der Waals surface area contributed by atoms with Gasteiger partial charge in [-0.25, -0.2) is 0 Å². The third-order valence-corrected chi connectivity index (χ3v) is 31.3. The smallest absolute Gasteiger partial charge is 0.317 e. The minimum absolute atomic E-state index is 0.0583. The molecule has 0 heterocycles. The van der Waals surface area contributed by atoms with E-state index in [0.29, 0.717) is 55.8 Å². The van der Waals surface area contributed by atoms with Crippen LogP contribution in [0, 0.1) is 121 Å². The lowest BCUT2D eigenvalue weighted by atomic mass is 9.52. The maximum Gasteiger partial charge on any atom is 0.317 e. The Labute approximate surface area is 732 Å². The fraction of sp³-hybridized carbons (Fsp3) is 0.712. The summed E-state index contributed by atoms with van der Waals surface area (Å²) < 4.78 is 63.6. The Morgan fingerprint density at radius 2 is 0.656 bits per heavy atom. The van der Waals surface area contributed by atoms with E-state index in [1.54, 1.807) is 35.5 Å². The predicted molar refractivity (Wildman–Crippen MR) is 477 cm³/mol. The number of allylic oxidation sites excluding steroid dienone is 3. The molecule has 0 radical (unpaired) electrons. The predicted octanol–water partition coefficient (Wildman–Crippen LogP) is 20.9. The van der Waals surface area contributed by atoms with Gasteiger partial charge in [-0.2, -0.15) is 0 Å². The van der Waals surface area contributed by atoms with E-state index in [4.69, 9.17) is 52.1 Å². The first-order valence-electron chi connectivity index (χ1n) is 47.2. The Balaban J connectivity index is 0.000000192. The van der Waals surface area contributed by atoms with Crippen molar-refractivity contribution >= 4 is 36.8 Å². The molecular weight excluding hydrogens is 1540 g/mol. The highest BCUT2D eigenvalue weighted by atomic mass is 16.5. The second-order valence-electron chi connectivity index (χ2n) is 38.9. The molecule has 18 heteroatoms. The monoisotopic (exact) mass is 1690 g/mol. The third-order valence-electron chi connectivity index (χ3n) is 31.3. The van der Waals surface area contributed by atoms with Gasteiger partial charge in [0, 0.05) is 70.1 Å². The fourth-order valence-corrected chi connectivity index (χ4v) is 25.3. The molecule has 9 aliphatic rings. The number of fused-ring (bicyclic) bond motifs is 6. The summed E-state index contributed by atoms with van der Waals surface area (Å²) in [6.07, 6.45) is 31.9. The normalized spacial score (nSPS) is 32.5. The molecule has 9 aliphatic carbocycles. The lowest BCUT2D eigenvalue weighted by Crippen LogP contribution is -2.53. The van der Waals surface area contributed by atoms with Crippen molar-refractivity contribution < 1.29 is 86.0 Å². The molecule has 0 saturated heterocycles. The first-order valence-corrected chi connectivity index (χ1v) is 47.2. The van der Waals surface area contributed by atoms with E-state index < -0.39 is 38.6 Å².